The quantitative estimate of drug-likeness (QED) is 0.812. The Morgan fingerprint density at radius 1 is 0.957 bits per heavy atom. The molecule has 5 heteroatoms. The topological polar surface area (TPSA) is 46.3 Å². The Kier molecular flexibility index (Phi) is 3.27. The number of piperidine rings is 1. The molecule has 2 aliphatic carbocycles. The minimum Gasteiger partial charge on any atom is -0.356 e. The summed E-state index contributed by atoms with van der Waals surface area (Å²) >= 11 is 0. The first-order valence-corrected chi connectivity index (χ1v) is 9.36. The van der Waals surface area contributed by atoms with Crippen molar-refractivity contribution in [2.24, 2.45) is 11.8 Å². The van der Waals surface area contributed by atoms with Crippen LogP contribution in [0, 0.1) is 11.8 Å². The minimum atomic E-state index is 0.784. The van der Waals surface area contributed by atoms with Gasteiger partial charge in [0, 0.05) is 18.7 Å². The van der Waals surface area contributed by atoms with Gasteiger partial charge in [0.15, 0.2) is 0 Å². The first kappa shape index (κ1) is 13.8. The Morgan fingerprint density at radius 3 is 2.78 bits per heavy atom. The molecule has 1 aliphatic heterocycles. The predicted molar refractivity (Wildman–Crippen MR) is 89.7 cm³/mol. The fourth-order valence-corrected chi connectivity index (χ4v) is 5.08. The summed E-state index contributed by atoms with van der Waals surface area (Å²) in [5.74, 6) is 3.94. The van der Waals surface area contributed by atoms with E-state index < -0.39 is 0 Å². The van der Waals surface area contributed by atoms with Gasteiger partial charge in [0.25, 0.3) is 5.78 Å². The lowest BCUT2D eigenvalue weighted by Crippen LogP contribution is -2.43. The highest BCUT2D eigenvalue weighted by molar-refractivity contribution is 5.56. The predicted octanol–water partition coefficient (Wildman–Crippen LogP) is 3.02. The first-order valence-electron chi connectivity index (χ1n) is 9.36. The van der Waals surface area contributed by atoms with Crippen LogP contribution in [0.15, 0.2) is 6.33 Å². The number of rotatable bonds is 1. The van der Waals surface area contributed by atoms with E-state index in [0.717, 1.165) is 30.5 Å². The summed E-state index contributed by atoms with van der Waals surface area (Å²) in [5.41, 5.74) is 2.72. The fourth-order valence-electron chi connectivity index (χ4n) is 5.08. The number of hydrogen-bond donors (Lipinski definition) is 0. The molecule has 0 aromatic carbocycles. The van der Waals surface area contributed by atoms with Crippen molar-refractivity contribution < 1.29 is 0 Å². The van der Waals surface area contributed by atoms with Gasteiger partial charge in [-0.3, -0.25) is 0 Å². The number of hydrogen-bond acceptors (Lipinski definition) is 4. The van der Waals surface area contributed by atoms with E-state index in [1.807, 2.05) is 4.52 Å². The second kappa shape index (κ2) is 5.46. The Hall–Kier alpha value is -1.65. The average molecular weight is 311 g/mol. The zero-order chi connectivity index (χ0) is 15.2. The summed E-state index contributed by atoms with van der Waals surface area (Å²) in [6.45, 7) is 2.38. The molecule has 1 saturated heterocycles. The fraction of sp³-hybridized carbons (Fsp3) is 0.722. The van der Waals surface area contributed by atoms with Gasteiger partial charge in [-0.2, -0.15) is 14.6 Å². The summed E-state index contributed by atoms with van der Waals surface area (Å²) in [7, 11) is 0. The zero-order valence-corrected chi connectivity index (χ0v) is 13.7. The van der Waals surface area contributed by atoms with Gasteiger partial charge < -0.3 is 4.90 Å². The van der Waals surface area contributed by atoms with Gasteiger partial charge in [-0.1, -0.05) is 19.3 Å². The molecule has 2 aromatic heterocycles. The van der Waals surface area contributed by atoms with Gasteiger partial charge in [0.05, 0.1) is 5.69 Å². The van der Waals surface area contributed by atoms with Gasteiger partial charge >= 0.3 is 0 Å². The average Bonchev–Trinajstić information content (AvgIpc) is 3.07. The van der Waals surface area contributed by atoms with Crippen molar-refractivity contribution in [3.05, 3.63) is 17.6 Å². The molecule has 2 atom stereocenters. The summed E-state index contributed by atoms with van der Waals surface area (Å²) in [4.78, 5) is 11.8. The van der Waals surface area contributed by atoms with Gasteiger partial charge in [-0.15, -0.1) is 0 Å². The second-order valence-corrected chi connectivity index (χ2v) is 7.58. The summed E-state index contributed by atoms with van der Waals surface area (Å²) in [6, 6.07) is 0. The molecule has 0 spiro atoms. The molecule has 3 heterocycles. The standard InChI is InChI=1S/C18H25N5/c1-2-6-14-11-22(10-9-13(14)5-1)17-15-7-3-4-8-16(15)21-18-19-12-20-23(17)18/h12-14H,1-11H2/t13-,14-/m1/s1. The van der Waals surface area contributed by atoms with Crippen LogP contribution < -0.4 is 4.90 Å². The first-order chi connectivity index (χ1) is 11.4. The normalized spacial score (nSPS) is 27.7. The molecule has 2 aromatic rings. The third-order valence-corrected chi connectivity index (χ3v) is 6.26. The Balaban J connectivity index is 1.57. The molecule has 0 radical (unpaired) electrons. The van der Waals surface area contributed by atoms with Gasteiger partial charge in [-0.05, 0) is 50.4 Å². The number of anilines is 1. The van der Waals surface area contributed by atoms with Gasteiger partial charge in [0.2, 0.25) is 0 Å². The molecule has 122 valence electrons. The Bertz CT molecular complexity index is 722. The molecule has 0 N–H and O–H groups in total. The molecule has 1 saturated carbocycles. The molecule has 2 fully saturated rings. The smallest absolute Gasteiger partial charge is 0.254 e. The van der Waals surface area contributed by atoms with Crippen LogP contribution >= 0.6 is 0 Å². The van der Waals surface area contributed by atoms with E-state index in [2.05, 4.69) is 15.0 Å². The lowest BCUT2D eigenvalue weighted by molar-refractivity contribution is 0.201. The van der Waals surface area contributed by atoms with Crippen molar-refractivity contribution in [3.8, 4) is 0 Å². The van der Waals surface area contributed by atoms with Crippen LogP contribution in [0.1, 0.15) is 56.2 Å². The van der Waals surface area contributed by atoms with Crippen LogP contribution in [0.25, 0.3) is 5.78 Å². The highest BCUT2D eigenvalue weighted by Crippen LogP contribution is 2.39. The van der Waals surface area contributed by atoms with Crippen LogP contribution in [-0.2, 0) is 12.8 Å². The van der Waals surface area contributed by atoms with Crippen molar-refractivity contribution in [2.75, 3.05) is 18.0 Å². The largest absolute Gasteiger partial charge is 0.356 e. The molecule has 0 unspecified atom stereocenters. The molecular formula is C18H25N5. The zero-order valence-electron chi connectivity index (χ0n) is 13.7. The molecular weight excluding hydrogens is 286 g/mol. The van der Waals surface area contributed by atoms with Gasteiger partial charge in [-0.25, -0.2) is 4.98 Å². The maximum atomic E-state index is 4.78. The van der Waals surface area contributed by atoms with E-state index in [0.29, 0.717) is 0 Å². The minimum absolute atomic E-state index is 0.784. The monoisotopic (exact) mass is 311 g/mol. The lowest BCUT2D eigenvalue weighted by atomic mass is 9.75. The summed E-state index contributed by atoms with van der Waals surface area (Å²) in [5, 5.41) is 4.51. The van der Waals surface area contributed by atoms with E-state index >= 15 is 0 Å². The van der Waals surface area contributed by atoms with E-state index in [-0.39, 0.29) is 0 Å². The highest BCUT2D eigenvalue weighted by Gasteiger charge is 2.33. The van der Waals surface area contributed by atoms with Crippen molar-refractivity contribution in [1.29, 1.82) is 0 Å². The lowest BCUT2D eigenvalue weighted by Gasteiger charge is -2.43. The number of fused-ring (bicyclic) bond motifs is 3. The van der Waals surface area contributed by atoms with Crippen LogP contribution in [0.4, 0.5) is 5.82 Å². The highest BCUT2D eigenvalue weighted by atomic mass is 15.4. The summed E-state index contributed by atoms with van der Waals surface area (Å²) in [6.07, 6.45) is 13.5. The number of nitrogens with zero attached hydrogens (tertiary/aromatic N) is 5. The van der Waals surface area contributed by atoms with Gasteiger partial charge in [0.1, 0.15) is 12.1 Å². The molecule has 5 rings (SSSR count). The maximum Gasteiger partial charge on any atom is 0.254 e. The second-order valence-electron chi connectivity index (χ2n) is 7.58. The van der Waals surface area contributed by atoms with E-state index in [1.165, 1.54) is 75.1 Å². The van der Waals surface area contributed by atoms with Crippen molar-refractivity contribution in [1.82, 2.24) is 19.6 Å². The maximum absolute atomic E-state index is 4.78. The summed E-state index contributed by atoms with van der Waals surface area (Å²) < 4.78 is 2.01. The molecule has 0 bridgehead atoms. The van der Waals surface area contributed by atoms with Crippen molar-refractivity contribution >= 4 is 11.6 Å². The van der Waals surface area contributed by atoms with Crippen LogP contribution in [0.2, 0.25) is 0 Å². The SMILES string of the molecule is c1nc2nc3c(c(N4CC[C@H]5CCCC[C@@H]5C4)n2n1)CCCC3. The van der Waals surface area contributed by atoms with Crippen LogP contribution in [0.5, 0.6) is 0 Å². The number of aromatic nitrogens is 4. The molecule has 23 heavy (non-hydrogen) atoms. The number of aryl methyl sites for hydroxylation is 1. The molecule has 3 aliphatic rings. The van der Waals surface area contributed by atoms with E-state index in [4.69, 9.17) is 4.98 Å². The van der Waals surface area contributed by atoms with E-state index in [9.17, 15) is 0 Å². The van der Waals surface area contributed by atoms with Crippen molar-refractivity contribution in [3.63, 3.8) is 0 Å². The van der Waals surface area contributed by atoms with Crippen LogP contribution in [-0.4, -0.2) is 32.7 Å². The Morgan fingerprint density at radius 2 is 1.83 bits per heavy atom. The Labute approximate surface area is 137 Å². The molecule has 0 amide bonds. The molecule has 5 nitrogen and oxygen atoms in total. The third kappa shape index (κ3) is 2.24. The third-order valence-electron chi connectivity index (χ3n) is 6.26. The van der Waals surface area contributed by atoms with E-state index in [1.54, 1.807) is 6.33 Å². The van der Waals surface area contributed by atoms with Crippen molar-refractivity contribution in [2.45, 2.75) is 57.8 Å². The van der Waals surface area contributed by atoms with Crippen LogP contribution in [0.3, 0.4) is 0 Å².